The summed E-state index contributed by atoms with van der Waals surface area (Å²) in [6.07, 6.45) is 1.01. The number of nitrogens with one attached hydrogen (secondary N) is 1. The molecule has 0 saturated heterocycles. The fourth-order valence-electron chi connectivity index (χ4n) is 3.04. The van der Waals surface area contributed by atoms with Crippen molar-refractivity contribution >= 4 is 25.0 Å². The van der Waals surface area contributed by atoms with Crippen molar-refractivity contribution in [2.24, 2.45) is 0 Å². The fraction of sp³-hybridized carbons (Fsp3) is 0.429. The molecule has 0 aliphatic heterocycles. The SMILES string of the molecule is CC(C)OC(=O)[C@H](C)NP(=O)(CO[C@H](CF)Cc1cnc2c(N)ncnn12)Oc1ccccc1. The molecule has 0 spiro atoms. The number of imidazole rings is 1. The van der Waals surface area contributed by atoms with E-state index in [1.807, 2.05) is 0 Å². The highest BCUT2D eigenvalue weighted by atomic mass is 31.2. The van der Waals surface area contributed by atoms with E-state index in [0.29, 0.717) is 17.1 Å². The number of anilines is 1. The van der Waals surface area contributed by atoms with Crippen LogP contribution in [-0.4, -0.2) is 56.8 Å². The molecule has 2 aromatic heterocycles. The maximum Gasteiger partial charge on any atom is 0.342 e. The van der Waals surface area contributed by atoms with Crippen LogP contribution >= 0.6 is 7.52 Å². The first kappa shape index (κ1) is 25.5. The Hall–Kier alpha value is -3.08. The number of aromatic nitrogens is 4. The first-order valence-corrected chi connectivity index (χ1v) is 12.4. The third kappa shape index (κ3) is 6.72. The highest BCUT2D eigenvalue weighted by Crippen LogP contribution is 2.44. The lowest BCUT2D eigenvalue weighted by molar-refractivity contribution is -0.149. The van der Waals surface area contributed by atoms with Crippen molar-refractivity contribution in [2.75, 3.05) is 18.8 Å². The van der Waals surface area contributed by atoms with Gasteiger partial charge in [0.2, 0.25) is 0 Å². The van der Waals surface area contributed by atoms with Crippen LogP contribution in [0.1, 0.15) is 26.5 Å². The molecule has 0 aliphatic carbocycles. The minimum absolute atomic E-state index is 0.0738. The average Bonchev–Trinajstić information content (AvgIpc) is 3.20. The first-order chi connectivity index (χ1) is 16.2. The third-order valence-electron chi connectivity index (χ3n) is 4.58. The van der Waals surface area contributed by atoms with Gasteiger partial charge < -0.3 is 19.7 Å². The number of esters is 1. The minimum atomic E-state index is -3.82. The molecule has 184 valence electrons. The van der Waals surface area contributed by atoms with Gasteiger partial charge in [-0.1, -0.05) is 18.2 Å². The number of alkyl halides is 1. The van der Waals surface area contributed by atoms with Gasteiger partial charge >= 0.3 is 13.5 Å². The monoisotopic (exact) mass is 494 g/mol. The average molecular weight is 494 g/mol. The van der Waals surface area contributed by atoms with Crippen LogP contribution in [0.15, 0.2) is 42.9 Å². The van der Waals surface area contributed by atoms with E-state index in [-0.39, 0.29) is 18.3 Å². The molecule has 34 heavy (non-hydrogen) atoms. The Morgan fingerprint density at radius 1 is 1.24 bits per heavy atom. The number of fused-ring (bicyclic) bond motifs is 1. The number of hydrogen-bond acceptors (Lipinski definition) is 9. The van der Waals surface area contributed by atoms with E-state index in [2.05, 4.69) is 20.2 Å². The molecule has 0 fully saturated rings. The fourth-order valence-corrected chi connectivity index (χ4v) is 4.78. The predicted octanol–water partition coefficient (Wildman–Crippen LogP) is 2.76. The van der Waals surface area contributed by atoms with E-state index in [1.165, 1.54) is 24.0 Å². The second-order valence-electron chi connectivity index (χ2n) is 7.82. The molecule has 0 radical (unpaired) electrons. The van der Waals surface area contributed by atoms with Gasteiger partial charge in [-0.25, -0.2) is 24.0 Å². The summed E-state index contributed by atoms with van der Waals surface area (Å²) in [7, 11) is -3.82. The van der Waals surface area contributed by atoms with Crippen LogP contribution in [0.4, 0.5) is 10.2 Å². The molecule has 0 bridgehead atoms. The van der Waals surface area contributed by atoms with Crippen molar-refractivity contribution in [3.63, 3.8) is 0 Å². The topological polar surface area (TPSA) is 143 Å². The first-order valence-electron chi connectivity index (χ1n) is 10.6. The Balaban J connectivity index is 1.74. The predicted molar refractivity (Wildman–Crippen MR) is 123 cm³/mol. The van der Waals surface area contributed by atoms with Gasteiger partial charge in [0, 0.05) is 6.42 Å². The molecule has 3 aromatic rings. The van der Waals surface area contributed by atoms with Crippen LogP contribution in [0.25, 0.3) is 5.65 Å². The number of ether oxygens (including phenoxy) is 2. The lowest BCUT2D eigenvalue weighted by Crippen LogP contribution is -2.37. The normalized spacial score (nSPS) is 15.1. The molecule has 2 heterocycles. The van der Waals surface area contributed by atoms with Gasteiger partial charge in [0.15, 0.2) is 11.5 Å². The van der Waals surface area contributed by atoms with Crippen molar-refractivity contribution in [3.05, 3.63) is 48.5 Å². The van der Waals surface area contributed by atoms with Crippen molar-refractivity contribution < 1.29 is 27.7 Å². The number of nitrogens with two attached hydrogens (primary N) is 1. The maximum absolute atomic E-state index is 13.8. The number of halogens is 1. The molecular formula is C21H28FN6O5P. The molecule has 3 rings (SSSR count). The highest BCUT2D eigenvalue weighted by Gasteiger charge is 2.32. The molecule has 0 aliphatic rings. The molecule has 1 unspecified atom stereocenters. The Labute approximate surface area is 196 Å². The van der Waals surface area contributed by atoms with Gasteiger partial charge in [-0.05, 0) is 32.9 Å². The largest absolute Gasteiger partial charge is 0.462 e. The van der Waals surface area contributed by atoms with Crippen LogP contribution in [0.3, 0.4) is 0 Å². The van der Waals surface area contributed by atoms with Gasteiger partial charge in [0.1, 0.15) is 31.1 Å². The summed E-state index contributed by atoms with van der Waals surface area (Å²) in [5, 5.41) is 6.76. The van der Waals surface area contributed by atoms with Crippen molar-refractivity contribution in [2.45, 2.75) is 45.4 Å². The summed E-state index contributed by atoms with van der Waals surface area (Å²) >= 11 is 0. The van der Waals surface area contributed by atoms with Crippen molar-refractivity contribution in [3.8, 4) is 5.75 Å². The van der Waals surface area contributed by atoms with Gasteiger partial charge in [-0.15, -0.1) is 0 Å². The summed E-state index contributed by atoms with van der Waals surface area (Å²) in [5.74, 6) is -0.111. The van der Waals surface area contributed by atoms with Crippen LogP contribution < -0.4 is 15.3 Å². The summed E-state index contributed by atoms with van der Waals surface area (Å²) in [5.41, 5.74) is 6.66. The Morgan fingerprint density at radius 2 is 1.97 bits per heavy atom. The van der Waals surface area contributed by atoms with Crippen LogP contribution in [0.2, 0.25) is 0 Å². The van der Waals surface area contributed by atoms with Crippen LogP contribution in [-0.2, 0) is 25.3 Å². The number of rotatable bonds is 12. The second kappa shape index (κ2) is 11.4. The number of nitrogens with zero attached hydrogens (tertiary/aromatic N) is 4. The quantitative estimate of drug-likeness (QED) is 0.285. The Morgan fingerprint density at radius 3 is 2.65 bits per heavy atom. The summed E-state index contributed by atoms with van der Waals surface area (Å²) < 4.78 is 45.4. The molecule has 11 nitrogen and oxygen atoms in total. The van der Waals surface area contributed by atoms with Crippen molar-refractivity contribution in [1.29, 1.82) is 0 Å². The number of benzene rings is 1. The lowest BCUT2D eigenvalue weighted by Gasteiger charge is -2.25. The second-order valence-corrected chi connectivity index (χ2v) is 9.87. The van der Waals surface area contributed by atoms with Gasteiger partial charge in [0.05, 0.1) is 24.1 Å². The molecule has 3 N–H and O–H groups in total. The van der Waals surface area contributed by atoms with Gasteiger partial charge in [-0.3, -0.25) is 9.36 Å². The molecule has 0 saturated carbocycles. The standard InChI is InChI=1S/C21H28FN6O5P/c1-14(2)32-21(29)15(3)27-34(30,33-17-7-5-4-6-8-17)13-31-18(10-22)9-16-11-24-20-19(23)25-12-26-28(16)20/h4-8,11-12,14-15,18H,9-10,13H2,1-3H3,(H,27,30)(H2,23,25,26)/t15-,18-,34?/m0/s1. The number of nitrogen functional groups attached to an aromatic ring is 1. The minimum Gasteiger partial charge on any atom is -0.462 e. The Bertz CT molecular complexity index is 1150. The van der Waals surface area contributed by atoms with E-state index in [4.69, 9.17) is 19.7 Å². The highest BCUT2D eigenvalue weighted by molar-refractivity contribution is 7.57. The molecule has 3 atom stereocenters. The molecule has 1 aromatic carbocycles. The number of hydrogen-bond donors (Lipinski definition) is 2. The van der Waals surface area contributed by atoms with E-state index < -0.39 is 38.7 Å². The van der Waals surface area contributed by atoms with Crippen LogP contribution in [0, 0.1) is 0 Å². The summed E-state index contributed by atoms with van der Waals surface area (Å²) in [4.78, 5) is 20.3. The molecular weight excluding hydrogens is 466 g/mol. The van der Waals surface area contributed by atoms with Gasteiger partial charge in [0.25, 0.3) is 0 Å². The zero-order valence-corrected chi connectivity index (χ0v) is 20.0. The lowest BCUT2D eigenvalue weighted by atomic mass is 10.2. The Kier molecular flexibility index (Phi) is 8.54. The maximum atomic E-state index is 13.8. The van der Waals surface area contributed by atoms with E-state index in [1.54, 1.807) is 44.2 Å². The van der Waals surface area contributed by atoms with E-state index in [0.717, 1.165) is 0 Å². The van der Waals surface area contributed by atoms with Crippen LogP contribution in [0.5, 0.6) is 5.75 Å². The smallest absolute Gasteiger partial charge is 0.342 e. The zero-order chi connectivity index (χ0) is 24.7. The third-order valence-corrected chi connectivity index (χ3v) is 6.36. The number of carbonyl (C=O) groups is 1. The summed E-state index contributed by atoms with van der Waals surface area (Å²) in [6.45, 7) is 4.04. The number of carbonyl (C=O) groups excluding carboxylic acids is 1. The zero-order valence-electron chi connectivity index (χ0n) is 19.1. The number of para-hydroxylation sites is 1. The van der Waals surface area contributed by atoms with Gasteiger partial charge in [-0.2, -0.15) is 5.10 Å². The summed E-state index contributed by atoms with van der Waals surface area (Å²) in [6, 6.07) is 7.46. The van der Waals surface area contributed by atoms with E-state index >= 15 is 0 Å². The molecule has 13 heteroatoms. The van der Waals surface area contributed by atoms with E-state index in [9.17, 15) is 13.8 Å². The van der Waals surface area contributed by atoms with Crippen molar-refractivity contribution in [1.82, 2.24) is 24.7 Å². The molecule has 0 amide bonds.